The Bertz CT molecular complexity index is 1040. The average molecular weight is 424 g/mol. The van der Waals surface area contributed by atoms with Gasteiger partial charge >= 0.3 is 5.97 Å². The number of carbonyl (C=O) groups is 2. The van der Waals surface area contributed by atoms with Gasteiger partial charge in [0.1, 0.15) is 17.1 Å². The fourth-order valence-corrected chi connectivity index (χ4v) is 2.96. The number of rotatable bonds is 9. The number of nitrogens with one attached hydrogen (secondary N) is 1. The van der Waals surface area contributed by atoms with E-state index in [0.717, 1.165) is 16.9 Å². The molecule has 0 bridgehead atoms. The second-order valence-corrected chi connectivity index (χ2v) is 6.65. The summed E-state index contributed by atoms with van der Waals surface area (Å²) < 4.78 is 20.8. The van der Waals surface area contributed by atoms with Crippen molar-refractivity contribution < 1.29 is 28.2 Å². The number of hydrogen-bond donors (Lipinski definition) is 1. The van der Waals surface area contributed by atoms with Gasteiger partial charge in [0.2, 0.25) is 5.91 Å². The predicted molar refractivity (Wildman–Crippen MR) is 113 cm³/mol. The van der Waals surface area contributed by atoms with Gasteiger partial charge in [0.25, 0.3) is 0 Å². The summed E-state index contributed by atoms with van der Waals surface area (Å²) >= 11 is 0. The molecule has 0 saturated heterocycles. The quantitative estimate of drug-likeness (QED) is 0.526. The summed E-state index contributed by atoms with van der Waals surface area (Å²) in [4.78, 5) is 28.3. The molecule has 3 rings (SSSR count). The molecule has 3 aromatic rings. The largest absolute Gasteiger partial charge is 0.497 e. The maximum Gasteiger partial charge on any atom is 0.341 e. The van der Waals surface area contributed by atoms with Crippen molar-refractivity contribution in [3.8, 4) is 22.8 Å². The average Bonchev–Trinajstić information content (AvgIpc) is 3.29. The number of nitrogens with zero attached hydrogens (tertiary/aromatic N) is 1. The molecular weight excluding hydrogens is 400 g/mol. The minimum Gasteiger partial charge on any atom is -0.497 e. The minimum atomic E-state index is -0.499. The summed E-state index contributed by atoms with van der Waals surface area (Å²) in [6, 6.07) is 12.5. The summed E-state index contributed by atoms with van der Waals surface area (Å²) in [6.45, 7) is 0.273. The third-order valence-corrected chi connectivity index (χ3v) is 4.65. The summed E-state index contributed by atoms with van der Waals surface area (Å²) in [6.07, 6.45) is 2.24. The lowest BCUT2D eigenvalue weighted by Gasteiger charge is -2.10. The van der Waals surface area contributed by atoms with Crippen LogP contribution in [0, 0.1) is 0 Å². The molecule has 0 saturated carbocycles. The number of hydrogen-bond acceptors (Lipinski definition) is 7. The first-order valence-electron chi connectivity index (χ1n) is 9.65. The van der Waals surface area contributed by atoms with Gasteiger partial charge in [-0.05, 0) is 42.0 Å². The SMILES string of the molecule is COC(=O)c1cc(CNC(=O)CCc2ncc(-c3ccc(OC)cc3)o2)ccc1OC. The van der Waals surface area contributed by atoms with Gasteiger partial charge in [0.15, 0.2) is 11.7 Å². The maximum absolute atomic E-state index is 12.2. The van der Waals surface area contributed by atoms with Crippen LogP contribution in [-0.2, 0) is 22.5 Å². The monoisotopic (exact) mass is 424 g/mol. The summed E-state index contributed by atoms with van der Waals surface area (Å²) in [5.74, 6) is 1.64. The number of benzene rings is 2. The van der Waals surface area contributed by atoms with Crippen LogP contribution in [0.15, 0.2) is 53.1 Å². The van der Waals surface area contributed by atoms with Crippen molar-refractivity contribution in [3.05, 3.63) is 65.7 Å². The molecule has 0 atom stereocenters. The van der Waals surface area contributed by atoms with E-state index in [2.05, 4.69) is 10.3 Å². The van der Waals surface area contributed by atoms with Crippen LogP contribution >= 0.6 is 0 Å². The number of methoxy groups -OCH3 is 3. The fourth-order valence-electron chi connectivity index (χ4n) is 2.96. The van der Waals surface area contributed by atoms with Crippen LogP contribution in [0.2, 0.25) is 0 Å². The Balaban J connectivity index is 1.53. The van der Waals surface area contributed by atoms with Gasteiger partial charge < -0.3 is 23.9 Å². The number of aryl methyl sites for hydroxylation is 1. The second-order valence-electron chi connectivity index (χ2n) is 6.65. The van der Waals surface area contributed by atoms with E-state index in [4.69, 9.17) is 18.6 Å². The summed E-state index contributed by atoms with van der Waals surface area (Å²) in [5.41, 5.74) is 1.94. The van der Waals surface area contributed by atoms with Crippen LogP contribution in [0.5, 0.6) is 11.5 Å². The van der Waals surface area contributed by atoms with E-state index < -0.39 is 5.97 Å². The molecule has 1 amide bonds. The Morgan fingerprint density at radius 3 is 2.48 bits per heavy atom. The first-order valence-corrected chi connectivity index (χ1v) is 9.65. The van der Waals surface area contributed by atoms with Crippen molar-refractivity contribution in [1.29, 1.82) is 0 Å². The number of aromatic nitrogens is 1. The standard InChI is InChI=1S/C23H24N2O6/c1-28-17-7-5-16(6-8-17)20-14-25-22(31-20)11-10-21(26)24-13-15-4-9-19(29-2)18(12-15)23(27)30-3/h4-9,12,14H,10-11,13H2,1-3H3,(H,24,26). The molecule has 1 aromatic heterocycles. The first-order chi connectivity index (χ1) is 15.0. The van der Waals surface area contributed by atoms with Crippen molar-refractivity contribution in [1.82, 2.24) is 10.3 Å². The molecule has 0 aliphatic rings. The van der Waals surface area contributed by atoms with Gasteiger partial charge in [-0.2, -0.15) is 0 Å². The van der Waals surface area contributed by atoms with Crippen LogP contribution < -0.4 is 14.8 Å². The van der Waals surface area contributed by atoms with Crippen molar-refractivity contribution in [3.63, 3.8) is 0 Å². The number of esters is 1. The third kappa shape index (κ3) is 5.63. The van der Waals surface area contributed by atoms with Crippen molar-refractivity contribution in [2.45, 2.75) is 19.4 Å². The second kappa shape index (κ2) is 10.3. The van der Waals surface area contributed by atoms with Crippen molar-refractivity contribution in [2.75, 3.05) is 21.3 Å². The van der Waals surface area contributed by atoms with Gasteiger partial charge in [0.05, 0.1) is 27.5 Å². The van der Waals surface area contributed by atoms with E-state index in [-0.39, 0.29) is 18.9 Å². The zero-order valence-electron chi connectivity index (χ0n) is 17.6. The lowest BCUT2D eigenvalue weighted by Crippen LogP contribution is -2.23. The number of ether oxygens (including phenoxy) is 3. The van der Waals surface area contributed by atoms with Gasteiger partial charge in [-0.25, -0.2) is 9.78 Å². The Kier molecular flexibility index (Phi) is 7.26. The molecule has 8 nitrogen and oxygen atoms in total. The van der Waals surface area contributed by atoms with Gasteiger partial charge in [0, 0.05) is 24.9 Å². The zero-order valence-corrected chi connectivity index (χ0v) is 17.6. The number of amides is 1. The fraction of sp³-hybridized carbons (Fsp3) is 0.261. The Morgan fingerprint density at radius 1 is 1.03 bits per heavy atom. The molecular formula is C23H24N2O6. The van der Waals surface area contributed by atoms with Crippen LogP contribution in [0.1, 0.15) is 28.2 Å². The molecule has 0 fully saturated rings. The minimum absolute atomic E-state index is 0.153. The lowest BCUT2D eigenvalue weighted by atomic mass is 10.1. The summed E-state index contributed by atoms with van der Waals surface area (Å²) in [7, 11) is 4.39. The predicted octanol–water partition coefficient (Wildman–Crippen LogP) is 3.39. The van der Waals surface area contributed by atoms with Gasteiger partial charge in [-0.15, -0.1) is 0 Å². The molecule has 1 heterocycles. The number of oxazole rings is 1. The first kappa shape index (κ1) is 21.9. The zero-order chi connectivity index (χ0) is 22.2. The van der Waals surface area contributed by atoms with Gasteiger partial charge in [-0.1, -0.05) is 6.07 Å². The molecule has 0 aliphatic heterocycles. The van der Waals surface area contributed by atoms with E-state index in [1.165, 1.54) is 14.2 Å². The van der Waals surface area contributed by atoms with Crippen LogP contribution in [-0.4, -0.2) is 38.2 Å². The van der Waals surface area contributed by atoms with Crippen molar-refractivity contribution in [2.24, 2.45) is 0 Å². The molecule has 0 aliphatic carbocycles. The molecule has 1 N–H and O–H groups in total. The van der Waals surface area contributed by atoms with Crippen LogP contribution in [0.25, 0.3) is 11.3 Å². The van der Waals surface area contributed by atoms with Gasteiger partial charge in [-0.3, -0.25) is 4.79 Å². The highest BCUT2D eigenvalue weighted by Gasteiger charge is 2.14. The molecule has 0 unspecified atom stereocenters. The lowest BCUT2D eigenvalue weighted by molar-refractivity contribution is -0.121. The molecule has 2 aromatic carbocycles. The van der Waals surface area contributed by atoms with E-state index in [1.807, 2.05) is 24.3 Å². The van der Waals surface area contributed by atoms with Crippen LogP contribution in [0.3, 0.4) is 0 Å². The van der Waals surface area contributed by atoms with Crippen LogP contribution in [0.4, 0.5) is 0 Å². The topological polar surface area (TPSA) is 99.9 Å². The van der Waals surface area contributed by atoms with E-state index >= 15 is 0 Å². The third-order valence-electron chi connectivity index (χ3n) is 4.65. The maximum atomic E-state index is 12.2. The smallest absolute Gasteiger partial charge is 0.341 e. The van der Waals surface area contributed by atoms with E-state index in [1.54, 1.807) is 31.5 Å². The van der Waals surface area contributed by atoms with E-state index in [9.17, 15) is 9.59 Å². The molecule has 0 radical (unpaired) electrons. The van der Waals surface area contributed by atoms with Crippen molar-refractivity contribution >= 4 is 11.9 Å². The Morgan fingerprint density at radius 2 is 1.81 bits per heavy atom. The Labute approximate surface area is 180 Å². The highest BCUT2D eigenvalue weighted by atomic mass is 16.5. The Hall–Kier alpha value is -3.81. The highest BCUT2D eigenvalue weighted by molar-refractivity contribution is 5.92. The molecule has 8 heteroatoms. The molecule has 31 heavy (non-hydrogen) atoms. The molecule has 162 valence electrons. The highest BCUT2D eigenvalue weighted by Crippen LogP contribution is 2.24. The summed E-state index contributed by atoms with van der Waals surface area (Å²) in [5, 5.41) is 2.83. The normalized spacial score (nSPS) is 10.4. The molecule has 0 spiro atoms. The number of carbonyl (C=O) groups excluding carboxylic acids is 2. The van der Waals surface area contributed by atoms with E-state index in [0.29, 0.717) is 29.4 Å².